The van der Waals surface area contributed by atoms with Crippen molar-refractivity contribution >= 4 is 22.7 Å². The number of carboxylic acid groups (broad SMARTS) is 1. The first-order chi connectivity index (χ1) is 11.9. The van der Waals surface area contributed by atoms with Crippen LogP contribution in [0.1, 0.15) is 28.7 Å². The van der Waals surface area contributed by atoms with Gasteiger partial charge in [0.15, 0.2) is 5.78 Å². The predicted molar refractivity (Wildman–Crippen MR) is 89.1 cm³/mol. The smallest absolute Gasteiger partial charge is 0.325 e. The Morgan fingerprint density at radius 1 is 1.20 bits per heavy atom. The lowest BCUT2D eigenvalue weighted by atomic mass is 10.0. The Kier molecular flexibility index (Phi) is 4.28. The van der Waals surface area contributed by atoms with Crippen molar-refractivity contribution in [2.45, 2.75) is 27.0 Å². The van der Waals surface area contributed by atoms with Gasteiger partial charge in [-0.25, -0.2) is 0 Å². The van der Waals surface area contributed by atoms with Crippen LogP contribution in [0, 0.1) is 6.92 Å². The van der Waals surface area contributed by atoms with Crippen LogP contribution in [0.5, 0.6) is 0 Å². The van der Waals surface area contributed by atoms with Crippen LogP contribution in [0.2, 0.25) is 0 Å². The summed E-state index contributed by atoms with van der Waals surface area (Å²) < 4.78 is 1.33. The molecule has 0 spiro atoms. The van der Waals surface area contributed by atoms with Gasteiger partial charge < -0.3 is 10.2 Å². The van der Waals surface area contributed by atoms with Crippen LogP contribution >= 0.6 is 0 Å². The number of carbonyl (C=O) groups excluding carboxylic acids is 1. The molecule has 2 N–H and O–H groups in total. The van der Waals surface area contributed by atoms with E-state index in [1.807, 2.05) is 13.0 Å². The molecule has 0 saturated heterocycles. The maximum atomic E-state index is 11.9. The fraction of sp³-hybridized carbons (Fsp3) is 0.235. The average molecular weight is 340 g/mol. The van der Waals surface area contributed by atoms with Crippen molar-refractivity contribution in [3.8, 4) is 11.3 Å². The predicted octanol–water partition coefficient (Wildman–Crippen LogP) is 1.58. The number of Topliss-reactive ketones (excluding diaryl/α,β-unsaturated/α-hetero) is 1. The molecule has 0 bridgehead atoms. The standard InChI is InChI=1S/C17H16N4O4/c1-9-3-11(14-6-18-12(8-22)5-19-14)4-13-16(10(2)23)20-21(17(9)13)7-15(24)25/h3-6,22H,7-8H2,1-2H3,(H,24,25). The number of fused-ring (bicyclic) bond motifs is 1. The molecular weight excluding hydrogens is 324 g/mol. The summed E-state index contributed by atoms with van der Waals surface area (Å²) in [6.45, 7) is 2.70. The van der Waals surface area contributed by atoms with E-state index in [4.69, 9.17) is 10.2 Å². The molecule has 0 atom stereocenters. The number of carboxylic acids is 1. The number of aromatic nitrogens is 4. The largest absolute Gasteiger partial charge is 0.480 e. The summed E-state index contributed by atoms with van der Waals surface area (Å²) in [5.41, 5.74) is 3.39. The number of nitrogens with zero attached hydrogens (tertiary/aromatic N) is 4. The van der Waals surface area contributed by atoms with Crippen molar-refractivity contribution in [3.63, 3.8) is 0 Å². The second kappa shape index (κ2) is 6.40. The molecule has 8 heteroatoms. The molecule has 1 aromatic carbocycles. The Morgan fingerprint density at radius 2 is 1.96 bits per heavy atom. The third-order valence-corrected chi connectivity index (χ3v) is 3.82. The summed E-state index contributed by atoms with van der Waals surface area (Å²) in [4.78, 5) is 31.4. The van der Waals surface area contributed by atoms with Crippen molar-refractivity contribution < 1.29 is 19.8 Å². The highest BCUT2D eigenvalue weighted by molar-refractivity contribution is 6.06. The van der Waals surface area contributed by atoms with Gasteiger partial charge in [-0.1, -0.05) is 0 Å². The third-order valence-electron chi connectivity index (χ3n) is 3.82. The van der Waals surface area contributed by atoms with Gasteiger partial charge in [-0.3, -0.25) is 24.2 Å². The first kappa shape index (κ1) is 16.7. The molecule has 0 fully saturated rings. The molecule has 8 nitrogen and oxygen atoms in total. The van der Waals surface area contributed by atoms with Gasteiger partial charge in [0.05, 0.1) is 35.9 Å². The number of aliphatic hydroxyl groups is 1. The van der Waals surface area contributed by atoms with Gasteiger partial charge in [0.1, 0.15) is 12.2 Å². The highest BCUT2D eigenvalue weighted by Crippen LogP contribution is 2.29. The van der Waals surface area contributed by atoms with Gasteiger partial charge >= 0.3 is 5.97 Å². The summed E-state index contributed by atoms with van der Waals surface area (Å²) in [5.74, 6) is -1.28. The van der Waals surface area contributed by atoms with Crippen LogP contribution in [0.3, 0.4) is 0 Å². The van der Waals surface area contributed by atoms with E-state index in [2.05, 4.69) is 15.1 Å². The Balaban J connectivity index is 2.21. The monoisotopic (exact) mass is 340 g/mol. The minimum absolute atomic E-state index is 0.193. The van der Waals surface area contributed by atoms with E-state index in [1.165, 1.54) is 17.8 Å². The highest BCUT2D eigenvalue weighted by Gasteiger charge is 2.19. The highest BCUT2D eigenvalue weighted by atomic mass is 16.4. The number of aryl methyl sites for hydroxylation is 1. The van der Waals surface area contributed by atoms with Gasteiger partial charge in [0.25, 0.3) is 0 Å². The molecule has 25 heavy (non-hydrogen) atoms. The Hall–Kier alpha value is -3.13. The van der Waals surface area contributed by atoms with E-state index in [0.29, 0.717) is 22.3 Å². The number of rotatable bonds is 5. The number of carbonyl (C=O) groups is 2. The molecule has 0 radical (unpaired) electrons. The molecule has 3 rings (SSSR count). The molecule has 0 amide bonds. The summed E-state index contributed by atoms with van der Waals surface area (Å²) in [6, 6.07) is 3.60. The fourth-order valence-corrected chi connectivity index (χ4v) is 2.76. The zero-order valence-corrected chi connectivity index (χ0v) is 13.7. The van der Waals surface area contributed by atoms with Crippen molar-refractivity contribution in [3.05, 3.63) is 41.5 Å². The molecule has 0 aliphatic carbocycles. The minimum Gasteiger partial charge on any atom is -0.480 e. The lowest BCUT2D eigenvalue weighted by Gasteiger charge is -2.07. The molecule has 128 valence electrons. The van der Waals surface area contributed by atoms with E-state index in [9.17, 15) is 9.59 Å². The molecule has 0 aliphatic rings. The zero-order valence-electron chi connectivity index (χ0n) is 13.7. The molecule has 3 aromatic rings. The van der Waals surface area contributed by atoms with Gasteiger partial charge in [-0.2, -0.15) is 5.10 Å². The van der Waals surface area contributed by atoms with E-state index in [1.54, 1.807) is 12.3 Å². The quantitative estimate of drug-likeness (QED) is 0.677. The van der Waals surface area contributed by atoms with Crippen molar-refractivity contribution in [1.82, 2.24) is 19.7 Å². The molecule has 0 aliphatic heterocycles. The first-order valence-electron chi connectivity index (χ1n) is 7.56. The second-order valence-electron chi connectivity index (χ2n) is 5.70. The molecule has 0 saturated carbocycles. The fourth-order valence-electron chi connectivity index (χ4n) is 2.76. The van der Waals surface area contributed by atoms with E-state index < -0.39 is 5.97 Å². The topological polar surface area (TPSA) is 118 Å². The Morgan fingerprint density at radius 3 is 2.52 bits per heavy atom. The number of aliphatic carboxylic acids is 1. The lowest BCUT2D eigenvalue weighted by molar-refractivity contribution is -0.137. The van der Waals surface area contributed by atoms with Crippen molar-refractivity contribution in [2.24, 2.45) is 0 Å². The van der Waals surface area contributed by atoms with Crippen LogP contribution in [-0.4, -0.2) is 41.7 Å². The first-order valence-corrected chi connectivity index (χ1v) is 7.56. The molecule has 0 unspecified atom stereocenters. The second-order valence-corrected chi connectivity index (χ2v) is 5.70. The van der Waals surface area contributed by atoms with Gasteiger partial charge in [-0.15, -0.1) is 0 Å². The molecule has 2 heterocycles. The number of ketones is 1. The molecule has 2 aromatic heterocycles. The zero-order chi connectivity index (χ0) is 18.1. The summed E-state index contributed by atoms with van der Waals surface area (Å²) >= 11 is 0. The van der Waals surface area contributed by atoms with Gasteiger partial charge in [-0.05, 0) is 24.6 Å². The van der Waals surface area contributed by atoms with Gasteiger partial charge in [0, 0.05) is 17.9 Å². The average Bonchev–Trinajstić information content (AvgIpc) is 2.93. The van der Waals surface area contributed by atoms with E-state index >= 15 is 0 Å². The number of benzene rings is 1. The lowest BCUT2D eigenvalue weighted by Crippen LogP contribution is -2.11. The molecular formula is C17H16N4O4. The minimum atomic E-state index is -1.03. The van der Waals surface area contributed by atoms with Crippen LogP contribution in [0.4, 0.5) is 0 Å². The van der Waals surface area contributed by atoms with E-state index in [0.717, 1.165) is 11.1 Å². The summed E-state index contributed by atoms with van der Waals surface area (Å²) in [5, 5.41) is 22.9. The van der Waals surface area contributed by atoms with Crippen LogP contribution in [0.25, 0.3) is 22.2 Å². The maximum absolute atomic E-state index is 11.9. The maximum Gasteiger partial charge on any atom is 0.325 e. The SMILES string of the molecule is CC(=O)c1nn(CC(=O)O)c2c(C)cc(-c3cnc(CO)cn3)cc12. The van der Waals surface area contributed by atoms with Gasteiger partial charge in [0.2, 0.25) is 0 Å². The Bertz CT molecular complexity index is 976. The number of aliphatic hydroxyl groups excluding tert-OH is 1. The Labute approximate surface area is 142 Å². The summed E-state index contributed by atoms with van der Waals surface area (Å²) in [7, 11) is 0. The number of hydrogen-bond donors (Lipinski definition) is 2. The van der Waals surface area contributed by atoms with Crippen molar-refractivity contribution in [1.29, 1.82) is 0 Å². The van der Waals surface area contributed by atoms with Crippen LogP contribution < -0.4 is 0 Å². The normalized spacial score (nSPS) is 11.0. The van der Waals surface area contributed by atoms with Crippen molar-refractivity contribution in [2.75, 3.05) is 0 Å². The summed E-state index contributed by atoms with van der Waals surface area (Å²) in [6.07, 6.45) is 3.02. The number of hydrogen-bond acceptors (Lipinski definition) is 6. The van der Waals surface area contributed by atoms with Crippen LogP contribution in [0.15, 0.2) is 24.5 Å². The third kappa shape index (κ3) is 3.11. The van der Waals surface area contributed by atoms with Crippen LogP contribution in [-0.2, 0) is 17.9 Å². The van der Waals surface area contributed by atoms with E-state index in [-0.39, 0.29) is 24.6 Å².